The Balaban J connectivity index is 0.000001000. The van der Waals surface area contributed by atoms with E-state index in [0.717, 1.165) is 0 Å². The molecule has 6 heteroatoms. The van der Waals surface area contributed by atoms with Crippen molar-refractivity contribution in [3.8, 4) is 0 Å². The topological polar surface area (TPSA) is 75.3 Å². The molecule has 0 radical (unpaired) electrons. The second-order valence-corrected chi connectivity index (χ2v) is 2.03. The van der Waals surface area contributed by atoms with Crippen LogP contribution in [0, 0.1) is 5.92 Å². The first kappa shape index (κ1) is 10.6. The van der Waals surface area contributed by atoms with E-state index in [1.54, 1.807) is 0 Å². The summed E-state index contributed by atoms with van der Waals surface area (Å²) in [4.78, 5) is 31.6. The number of carbonyl (C=O) groups is 3. The van der Waals surface area contributed by atoms with Crippen LogP contribution in [-0.4, -0.2) is 47.4 Å². The summed E-state index contributed by atoms with van der Waals surface area (Å²) >= 11 is 0. The number of hydrogen-bond donors (Lipinski definition) is 2. The zero-order valence-electron chi connectivity index (χ0n) is 5.30. The van der Waals surface area contributed by atoms with Gasteiger partial charge in [-0.15, -0.1) is 0 Å². The van der Waals surface area contributed by atoms with Crippen LogP contribution in [0.2, 0.25) is 0 Å². The van der Waals surface area contributed by atoms with Gasteiger partial charge in [-0.05, 0) is 6.92 Å². The van der Waals surface area contributed by atoms with Crippen LogP contribution in [0.3, 0.4) is 0 Å². The number of barbiturate groups is 1. The van der Waals surface area contributed by atoms with Crippen LogP contribution in [0.4, 0.5) is 4.79 Å². The van der Waals surface area contributed by atoms with Crippen LogP contribution < -0.4 is 10.6 Å². The Bertz CT molecular complexity index is 196. The summed E-state index contributed by atoms with van der Waals surface area (Å²) in [7, 11) is 0. The van der Waals surface area contributed by atoms with E-state index in [0.29, 0.717) is 0 Å². The molecule has 1 saturated heterocycles. The molecule has 0 aromatic carbocycles. The summed E-state index contributed by atoms with van der Waals surface area (Å²) in [5, 5.41) is 3.90. The number of hydrogen-bond acceptors (Lipinski definition) is 3. The van der Waals surface area contributed by atoms with Crippen molar-refractivity contribution in [1.29, 1.82) is 0 Å². The van der Waals surface area contributed by atoms with Gasteiger partial charge in [-0.25, -0.2) is 4.79 Å². The molecule has 56 valence electrons. The van der Waals surface area contributed by atoms with Gasteiger partial charge >= 0.3 is 35.6 Å². The van der Waals surface area contributed by atoms with Crippen LogP contribution in [0.1, 0.15) is 6.92 Å². The summed E-state index contributed by atoms with van der Waals surface area (Å²) in [6, 6.07) is -0.742. The van der Waals surface area contributed by atoms with Gasteiger partial charge in [0.05, 0.1) is 0 Å². The maximum absolute atomic E-state index is 10.6. The fraction of sp³-hybridized carbons (Fsp3) is 0.400. The van der Waals surface area contributed by atoms with Crippen molar-refractivity contribution < 1.29 is 14.4 Å². The summed E-state index contributed by atoms with van der Waals surface area (Å²) in [5.74, 6) is -1.86. The van der Waals surface area contributed by atoms with E-state index in [2.05, 4.69) is 0 Å². The van der Waals surface area contributed by atoms with Gasteiger partial charge in [0.15, 0.2) is 0 Å². The quantitative estimate of drug-likeness (QED) is 0.334. The van der Waals surface area contributed by atoms with E-state index < -0.39 is 23.8 Å². The average Bonchev–Trinajstić information content (AvgIpc) is 1.82. The van der Waals surface area contributed by atoms with E-state index in [-0.39, 0.29) is 29.6 Å². The van der Waals surface area contributed by atoms with Crippen molar-refractivity contribution in [2.24, 2.45) is 5.92 Å². The van der Waals surface area contributed by atoms with Gasteiger partial charge in [-0.3, -0.25) is 20.2 Å². The first-order chi connectivity index (χ1) is 4.61. The molecule has 2 N–H and O–H groups in total. The van der Waals surface area contributed by atoms with E-state index in [1.807, 2.05) is 10.6 Å². The number of amides is 4. The van der Waals surface area contributed by atoms with E-state index >= 15 is 0 Å². The molecule has 11 heavy (non-hydrogen) atoms. The summed E-state index contributed by atoms with van der Waals surface area (Å²) in [6.07, 6.45) is 0. The maximum atomic E-state index is 10.6. The molecule has 0 saturated carbocycles. The molecule has 5 nitrogen and oxygen atoms in total. The van der Waals surface area contributed by atoms with Gasteiger partial charge in [0.2, 0.25) is 11.8 Å². The number of imide groups is 2. The third-order valence-corrected chi connectivity index (χ3v) is 1.26. The summed E-state index contributed by atoms with van der Waals surface area (Å²) < 4.78 is 0. The molecule has 0 unspecified atom stereocenters. The van der Waals surface area contributed by atoms with Gasteiger partial charge in [0, 0.05) is 0 Å². The predicted octanol–water partition coefficient (Wildman–Crippen LogP) is -1.66. The first-order valence-electron chi connectivity index (χ1n) is 2.77. The van der Waals surface area contributed by atoms with Crippen LogP contribution in [0.5, 0.6) is 0 Å². The van der Waals surface area contributed by atoms with E-state index in [9.17, 15) is 14.4 Å². The second kappa shape index (κ2) is 3.85. The molecule has 1 rings (SSSR count). The second-order valence-electron chi connectivity index (χ2n) is 2.03. The van der Waals surface area contributed by atoms with Crippen molar-refractivity contribution in [2.75, 3.05) is 0 Å². The molecule has 0 spiro atoms. The molecule has 4 amide bonds. The number of carbonyl (C=O) groups excluding carboxylic acids is 3. The predicted molar refractivity (Wildman–Crippen MR) is 38.0 cm³/mol. The van der Waals surface area contributed by atoms with Crippen LogP contribution in [-0.2, 0) is 9.59 Å². The first-order valence-corrected chi connectivity index (χ1v) is 2.77. The molecule has 0 aromatic rings. The van der Waals surface area contributed by atoms with Gasteiger partial charge in [-0.1, -0.05) is 0 Å². The van der Waals surface area contributed by atoms with Crippen molar-refractivity contribution in [3.63, 3.8) is 0 Å². The zero-order chi connectivity index (χ0) is 7.72. The summed E-state index contributed by atoms with van der Waals surface area (Å²) in [6.45, 7) is 1.43. The van der Waals surface area contributed by atoms with Crippen molar-refractivity contribution in [3.05, 3.63) is 0 Å². The van der Waals surface area contributed by atoms with Gasteiger partial charge < -0.3 is 0 Å². The molecule has 1 aliphatic heterocycles. The van der Waals surface area contributed by atoms with Gasteiger partial charge in [0.1, 0.15) is 5.92 Å². The van der Waals surface area contributed by atoms with E-state index in [1.165, 1.54) is 6.92 Å². The molecule has 0 bridgehead atoms. The fourth-order valence-corrected chi connectivity index (χ4v) is 0.591. The Labute approximate surface area is 85.2 Å². The van der Waals surface area contributed by atoms with Crippen molar-refractivity contribution in [2.45, 2.75) is 6.92 Å². The van der Waals surface area contributed by atoms with Crippen LogP contribution >= 0.6 is 0 Å². The molecular formula is C5H7N2NaO3. The fourth-order valence-electron chi connectivity index (χ4n) is 0.591. The Kier molecular flexibility index (Phi) is 3.71. The standard InChI is InChI=1S/C5H6N2O3.Na.H/c1-2-3(8)6-5(10)7-4(2)9;;/h2H,1H3,(H2,6,7,8,9,10);;. The normalized spacial score (nSPS) is 18.5. The van der Waals surface area contributed by atoms with Crippen LogP contribution in [0.25, 0.3) is 0 Å². The number of rotatable bonds is 0. The molecule has 1 fully saturated rings. The molecule has 0 aromatic heterocycles. The van der Waals surface area contributed by atoms with Crippen molar-refractivity contribution in [1.82, 2.24) is 10.6 Å². The van der Waals surface area contributed by atoms with Gasteiger partial charge in [-0.2, -0.15) is 0 Å². The third-order valence-electron chi connectivity index (χ3n) is 1.26. The zero-order valence-corrected chi connectivity index (χ0v) is 5.30. The monoisotopic (exact) mass is 166 g/mol. The third kappa shape index (κ3) is 2.28. The molecule has 0 atom stereocenters. The Morgan fingerprint density at radius 2 is 1.45 bits per heavy atom. The minimum atomic E-state index is -0.766. The Morgan fingerprint density at radius 1 is 1.09 bits per heavy atom. The van der Waals surface area contributed by atoms with E-state index in [4.69, 9.17) is 0 Å². The molecule has 1 heterocycles. The van der Waals surface area contributed by atoms with Crippen LogP contribution in [0.15, 0.2) is 0 Å². The number of urea groups is 1. The molecular weight excluding hydrogens is 159 g/mol. The SMILES string of the molecule is CC1C(=O)NC(=O)NC1=O.[NaH]. The molecule has 1 aliphatic rings. The minimum absolute atomic E-state index is 0. The summed E-state index contributed by atoms with van der Waals surface area (Å²) in [5.41, 5.74) is 0. The molecule has 0 aliphatic carbocycles. The Morgan fingerprint density at radius 3 is 1.82 bits per heavy atom. The van der Waals surface area contributed by atoms with Crippen molar-refractivity contribution >= 4 is 47.4 Å². The number of nitrogens with one attached hydrogen (secondary N) is 2. The Hall–Kier alpha value is -0.390. The average molecular weight is 166 g/mol. The van der Waals surface area contributed by atoms with Gasteiger partial charge in [0.25, 0.3) is 0 Å².